The van der Waals surface area contributed by atoms with Gasteiger partial charge in [-0.15, -0.1) is 0 Å². The van der Waals surface area contributed by atoms with E-state index in [4.69, 9.17) is 4.74 Å². The van der Waals surface area contributed by atoms with E-state index in [1.807, 2.05) is 0 Å². The Hall–Kier alpha value is -0.120. The largest absolute Gasteiger partial charge is 0.374 e. The van der Waals surface area contributed by atoms with Gasteiger partial charge in [0.2, 0.25) is 0 Å². The molecule has 2 saturated heterocycles. The van der Waals surface area contributed by atoms with Gasteiger partial charge in [0, 0.05) is 31.7 Å². The zero-order chi connectivity index (χ0) is 15.6. The van der Waals surface area contributed by atoms with Crippen molar-refractivity contribution in [2.75, 3.05) is 19.6 Å². The first-order chi connectivity index (χ1) is 9.81. The quantitative estimate of drug-likeness (QED) is 0.861. The topological polar surface area (TPSA) is 24.5 Å². The minimum Gasteiger partial charge on any atom is -0.374 e. The molecule has 0 aromatic carbocycles. The van der Waals surface area contributed by atoms with Crippen LogP contribution in [0.25, 0.3) is 0 Å². The Labute approximate surface area is 131 Å². The van der Waals surface area contributed by atoms with Gasteiger partial charge in [0.25, 0.3) is 0 Å². The summed E-state index contributed by atoms with van der Waals surface area (Å²) in [7, 11) is 0. The van der Waals surface area contributed by atoms with Gasteiger partial charge in [-0.1, -0.05) is 41.0 Å². The molecule has 0 aromatic heterocycles. The number of nitrogens with one attached hydrogen (secondary N) is 1. The van der Waals surface area contributed by atoms with Crippen molar-refractivity contribution in [3.05, 3.63) is 0 Å². The van der Waals surface area contributed by atoms with Gasteiger partial charge in [0.15, 0.2) is 0 Å². The Morgan fingerprint density at radius 1 is 1.29 bits per heavy atom. The van der Waals surface area contributed by atoms with E-state index in [2.05, 4.69) is 51.8 Å². The summed E-state index contributed by atoms with van der Waals surface area (Å²) in [6.45, 7) is 17.4. The SMILES string of the molecule is CCC(C)C1CN(CC2CCC(C)O2)C(C(C)(C)C)CN1. The molecule has 2 aliphatic heterocycles. The average Bonchev–Trinajstić information content (AvgIpc) is 2.82. The summed E-state index contributed by atoms with van der Waals surface area (Å²) >= 11 is 0. The van der Waals surface area contributed by atoms with Crippen LogP contribution in [0, 0.1) is 11.3 Å². The highest BCUT2D eigenvalue weighted by Crippen LogP contribution is 2.30. The van der Waals surface area contributed by atoms with Gasteiger partial charge in [-0.05, 0) is 31.1 Å². The van der Waals surface area contributed by atoms with Crippen molar-refractivity contribution in [3.8, 4) is 0 Å². The normalized spacial score (nSPS) is 36.9. The molecule has 0 amide bonds. The van der Waals surface area contributed by atoms with Crippen LogP contribution in [0.2, 0.25) is 0 Å². The van der Waals surface area contributed by atoms with Crippen LogP contribution in [0.15, 0.2) is 0 Å². The monoisotopic (exact) mass is 296 g/mol. The van der Waals surface area contributed by atoms with Crippen LogP contribution in [-0.2, 0) is 4.74 Å². The van der Waals surface area contributed by atoms with Crippen molar-refractivity contribution >= 4 is 0 Å². The summed E-state index contributed by atoms with van der Waals surface area (Å²) in [5, 5.41) is 3.81. The molecule has 5 unspecified atom stereocenters. The Morgan fingerprint density at radius 3 is 2.52 bits per heavy atom. The van der Waals surface area contributed by atoms with E-state index < -0.39 is 0 Å². The van der Waals surface area contributed by atoms with Crippen LogP contribution in [0.5, 0.6) is 0 Å². The molecule has 2 rings (SSSR count). The van der Waals surface area contributed by atoms with Crippen molar-refractivity contribution in [1.82, 2.24) is 10.2 Å². The molecule has 0 saturated carbocycles. The molecule has 0 aliphatic carbocycles. The molecule has 0 radical (unpaired) electrons. The molecule has 21 heavy (non-hydrogen) atoms. The molecule has 0 spiro atoms. The summed E-state index contributed by atoms with van der Waals surface area (Å²) in [5.74, 6) is 0.747. The third-order valence-electron chi connectivity index (χ3n) is 5.53. The number of hydrogen-bond acceptors (Lipinski definition) is 3. The molecular formula is C18H36N2O. The van der Waals surface area contributed by atoms with E-state index in [-0.39, 0.29) is 0 Å². The summed E-state index contributed by atoms with van der Waals surface area (Å²) in [6, 6.07) is 1.24. The minimum absolute atomic E-state index is 0.317. The Morgan fingerprint density at radius 2 is 2.00 bits per heavy atom. The molecule has 2 heterocycles. The van der Waals surface area contributed by atoms with E-state index in [1.165, 1.54) is 25.8 Å². The predicted molar refractivity (Wildman–Crippen MR) is 89.6 cm³/mol. The fourth-order valence-corrected chi connectivity index (χ4v) is 3.84. The fraction of sp³-hybridized carbons (Fsp3) is 1.00. The maximum atomic E-state index is 6.08. The van der Waals surface area contributed by atoms with Gasteiger partial charge in [-0.25, -0.2) is 0 Å². The van der Waals surface area contributed by atoms with Crippen LogP contribution in [-0.4, -0.2) is 48.8 Å². The lowest BCUT2D eigenvalue weighted by Crippen LogP contribution is -2.63. The fourth-order valence-electron chi connectivity index (χ4n) is 3.84. The second-order valence-electron chi connectivity index (χ2n) is 8.38. The molecule has 2 aliphatic rings. The third-order valence-corrected chi connectivity index (χ3v) is 5.53. The maximum absolute atomic E-state index is 6.08. The minimum atomic E-state index is 0.317. The molecule has 3 nitrogen and oxygen atoms in total. The first kappa shape index (κ1) is 17.2. The number of ether oxygens (including phenoxy) is 1. The molecule has 0 aromatic rings. The van der Waals surface area contributed by atoms with Crippen LogP contribution in [0.4, 0.5) is 0 Å². The van der Waals surface area contributed by atoms with Crippen molar-refractivity contribution in [1.29, 1.82) is 0 Å². The van der Waals surface area contributed by atoms with Gasteiger partial charge in [-0.2, -0.15) is 0 Å². The van der Waals surface area contributed by atoms with Crippen LogP contribution < -0.4 is 5.32 Å². The molecule has 3 heteroatoms. The van der Waals surface area contributed by atoms with Crippen LogP contribution in [0.1, 0.15) is 60.8 Å². The van der Waals surface area contributed by atoms with Crippen LogP contribution >= 0.6 is 0 Å². The Balaban J connectivity index is 2.02. The summed E-state index contributed by atoms with van der Waals surface area (Å²) in [5.41, 5.74) is 0.317. The number of rotatable bonds is 4. The zero-order valence-electron chi connectivity index (χ0n) is 15.0. The standard InChI is InChI=1S/C18H36N2O/c1-7-13(2)16-12-20(11-15-9-8-14(3)21-15)17(10-19-16)18(4,5)6/h13-17,19H,7-12H2,1-6H3. The van der Waals surface area contributed by atoms with Gasteiger partial charge in [-0.3, -0.25) is 4.90 Å². The smallest absolute Gasteiger partial charge is 0.0706 e. The number of piperazine rings is 1. The Kier molecular flexibility index (Phi) is 5.72. The lowest BCUT2D eigenvalue weighted by molar-refractivity contribution is -0.0159. The molecular weight excluding hydrogens is 260 g/mol. The lowest BCUT2D eigenvalue weighted by atomic mass is 9.82. The van der Waals surface area contributed by atoms with E-state index in [1.54, 1.807) is 0 Å². The lowest BCUT2D eigenvalue weighted by Gasteiger charge is -2.48. The zero-order valence-corrected chi connectivity index (χ0v) is 15.0. The summed E-state index contributed by atoms with van der Waals surface area (Å²) in [4.78, 5) is 2.72. The van der Waals surface area contributed by atoms with Gasteiger partial charge < -0.3 is 10.1 Å². The second-order valence-corrected chi connectivity index (χ2v) is 8.38. The average molecular weight is 296 g/mol. The number of nitrogens with zero attached hydrogens (tertiary/aromatic N) is 1. The molecule has 1 N–H and O–H groups in total. The third kappa shape index (κ3) is 4.43. The van der Waals surface area contributed by atoms with Crippen molar-refractivity contribution in [2.24, 2.45) is 11.3 Å². The van der Waals surface area contributed by atoms with E-state index >= 15 is 0 Å². The molecule has 5 atom stereocenters. The first-order valence-corrected chi connectivity index (χ1v) is 8.94. The van der Waals surface area contributed by atoms with Crippen molar-refractivity contribution in [3.63, 3.8) is 0 Å². The highest BCUT2D eigenvalue weighted by Gasteiger charge is 2.38. The number of hydrogen-bond donors (Lipinski definition) is 1. The molecule has 0 bridgehead atoms. The second kappa shape index (κ2) is 6.97. The maximum Gasteiger partial charge on any atom is 0.0706 e. The van der Waals surface area contributed by atoms with E-state index in [0.29, 0.717) is 29.7 Å². The van der Waals surface area contributed by atoms with Crippen LogP contribution in [0.3, 0.4) is 0 Å². The molecule has 2 fully saturated rings. The summed E-state index contributed by atoms with van der Waals surface area (Å²) in [6.07, 6.45) is 4.61. The van der Waals surface area contributed by atoms with E-state index in [9.17, 15) is 0 Å². The van der Waals surface area contributed by atoms with E-state index in [0.717, 1.165) is 19.0 Å². The van der Waals surface area contributed by atoms with Crippen molar-refractivity contribution < 1.29 is 4.74 Å². The Bertz CT molecular complexity index is 324. The highest BCUT2D eigenvalue weighted by molar-refractivity contribution is 4.95. The summed E-state index contributed by atoms with van der Waals surface area (Å²) < 4.78 is 6.08. The first-order valence-electron chi connectivity index (χ1n) is 8.94. The predicted octanol–water partition coefficient (Wildman–Crippen LogP) is 3.29. The molecule has 124 valence electrons. The highest BCUT2D eigenvalue weighted by atomic mass is 16.5. The van der Waals surface area contributed by atoms with Gasteiger partial charge in [0.1, 0.15) is 0 Å². The van der Waals surface area contributed by atoms with Crippen molar-refractivity contribution in [2.45, 2.75) is 85.1 Å². The van der Waals surface area contributed by atoms with Gasteiger partial charge in [0.05, 0.1) is 12.2 Å². The van der Waals surface area contributed by atoms with Gasteiger partial charge >= 0.3 is 0 Å².